The molecule has 1 rings (SSSR count). The smallest absolute Gasteiger partial charge is 0.410 e. The van der Waals surface area contributed by atoms with Gasteiger partial charge in [0.2, 0.25) is 0 Å². The lowest BCUT2D eigenvalue weighted by molar-refractivity contribution is -0.194. The van der Waals surface area contributed by atoms with Crippen LogP contribution in [0.1, 0.15) is 48.0 Å². The molecule has 1 amide bonds. The molecule has 1 heterocycles. The maximum absolute atomic E-state index is 11.8. The Morgan fingerprint density at radius 2 is 1.67 bits per heavy atom. The predicted molar refractivity (Wildman–Crippen MR) is 86.4 cm³/mol. The van der Waals surface area contributed by atoms with E-state index in [1.165, 1.54) is 0 Å². The molecule has 0 radical (unpaired) electrons. The van der Waals surface area contributed by atoms with E-state index in [2.05, 4.69) is 6.58 Å². The Labute approximate surface area is 130 Å². The van der Waals surface area contributed by atoms with E-state index in [1.54, 1.807) is 25.2 Å². The molecule has 1 saturated heterocycles. The van der Waals surface area contributed by atoms with Gasteiger partial charge in [-0.25, -0.2) is 4.79 Å². The average Bonchev–Trinajstić information content (AvgIpc) is 2.85. The Kier molecular flexibility index (Phi) is 11.2. The number of rotatable bonds is 2. The average molecular weight is 303 g/mol. The maximum Gasteiger partial charge on any atom is 0.410 e. The van der Waals surface area contributed by atoms with E-state index < -0.39 is 11.4 Å². The number of ether oxygens (including phenoxy) is 3. The zero-order chi connectivity index (χ0) is 17.1. The van der Waals surface area contributed by atoms with Crippen LogP contribution in [0.4, 0.5) is 4.79 Å². The Balaban J connectivity index is 0. The molecule has 0 unspecified atom stereocenters. The lowest BCUT2D eigenvalue weighted by atomic mass is 10.2. The van der Waals surface area contributed by atoms with Gasteiger partial charge in [-0.2, -0.15) is 0 Å². The van der Waals surface area contributed by atoms with Crippen molar-refractivity contribution >= 4 is 6.09 Å². The molecule has 5 nitrogen and oxygen atoms in total. The molecule has 0 aliphatic carbocycles. The van der Waals surface area contributed by atoms with Gasteiger partial charge in [0.15, 0.2) is 5.79 Å². The number of amides is 1. The zero-order valence-corrected chi connectivity index (χ0v) is 15.0. The molecule has 0 aromatic rings. The summed E-state index contributed by atoms with van der Waals surface area (Å²) in [5.41, 5.74) is -0.470. The van der Waals surface area contributed by atoms with Crippen LogP contribution >= 0.6 is 0 Å². The summed E-state index contributed by atoms with van der Waals surface area (Å²) in [6, 6.07) is 0. The zero-order valence-electron chi connectivity index (χ0n) is 15.0. The first-order valence-electron chi connectivity index (χ1n) is 7.39. The molecule has 0 saturated carbocycles. The molecule has 0 aromatic carbocycles. The summed E-state index contributed by atoms with van der Waals surface area (Å²) in [6.45, 7) is 15.8. The summed E-state index contributed by atoms with van der Waals surface area (Å²) in [6.07, 6.45) is 2.10. The third kappa shape index (κ3) is 8.73. The number of nitrogens with zero attached hydrogens (tertiary/aromatic N) is 1. The summed E-state index contributed by atoms with van der Waals surface area (Å²) >= 11 is 0. The van der Waals surface area contributed by atoms with Crippen LogP contribution in [-0.4, -0.2) is 49.7 Å². The molecule has 1 aliphatic rings. The number of allylic oxidation sites excluding steroid dienone is 1. The Morgan fingerprint density at radius 1 is 1.24 bits per heavy atom. The Morgan fingerprint density at radius 3 is 1.95 bits per heavy atom. The normalized spacial score (nSPS) is 16.1. The van der Waals surface area contributed by atoms with Gasteiger partial charge in [0.05, 0.1) is 6.54 Å². The van der Waals surface area contributed by atoms with Crippen molar-refractivity contribution < 1.29 is 19.0 Å². The van der Waals surface area contributed by atoms with E-state index in [4.69, 9.17) is 14.2 Å². The van der Waals surface area contributed by atoms with Gasteiger partial charge in [-0.05, 0) is 27.7 Å². The van der Waals surface area contributed by atoms with Crippen molar-refractivity contribution in [3.63, 3.8) is 0 Å². The molecule has 1 aliphatic heterocycles. The molecule has 126 valence electrons. The standard InChI is InChI=1S/C11H21NO4.C3H6.C2H6/c1-10(2,3)16-9(13)12-7-6-11(8-12,14-4)15-5;1-3-2;1-2/h6-8H2,1-5H3;3H,1H2,2H3;1-2H3. The summed E-state index contributed by atoms with van der Waals surface area (Å²) in [4.78, 5) is 13.4. The largest absolute Gasteiger partial charge is 0.444 e. The summed E-state index contributed by atoms with van der Waals surface area (Å²) < 4.78 is 15.9. The van der Waals surface area contributed by atoms with Crippen molar-refractivity contribution in [1.29, 1.82) is 0 Å². The highest BCUT2D eigenvalue weighted by Crippen LogP contribution is 2.26. The molecule has 0 spiro atoms. The van der Waals surface area contributed by atoms with Crippen molar-refractivity contribution in [2.75, 3.05) is 27.3 Å². The lowest BCUT2D eigenvalue weighted by Crippen LogP contribution is -2.41. The topological polar surface area (TPSA) is 48.0 Å². The van der Waals surface area contributed by atoms with Gasteiger partial charge < -0.3 is 19.1 Å². The highest BCUT2D eigenvalue weighted by Gasteiger charge is 2.41. The van der Waals surface area contributed by atoms with E-state index in [1.807, 2.05) is 41.5 Å². The maximum atomic E-state index is 11.8. The van der Waals surface area contributed by atoms with Crippen molar-refractivity contribution in [3.05, 3.63) is 12.7 Å². The first-order chi connectivity index (χ1) is 9.73. The van der Waals surface area contributed by atoms with E-state index in [9.17, 15) is 4.79 Å². The molecular weight excluding hydrogens is 270 g/mol. The number of carbonyl (C=O) groups is 1. The van der Waals surface area contributed by atoms with Gasteiger partial charge in [-0.15, -0.1) is 6.58 Å². The molecule has 0 N–H and O–H groups in total. The first kappa shape index (κ1) is 22.2. The van der Waals surface area contributed by atoms with Gasteiger partial charge in [0.25, 0.3) is 0 Å². The van der Waals surface area contributed by atoms with Gasteiger partial charge in [-0.1, -0.05) is 19.9 Å². The van der Waals surface area contributed by atoms with Crippen LogP contribution in [0.15, 0.2) is 12.7 Å². The van der Waals surface area contributed by atoms with Gasteiger partial charge in [-0.3, -0.25) is 0 Å². The number of likely N-dealkylation sites (tertiary alicyclic amines) is 1. The van der Waals surface area contributed by atoms with Crippen molar-refractivity contribution in [2.24, 2.45) is 0 Å². The minimum atomic E-state index is -0.670. The number of methoxy groups -OCH3 is 2. The molecule has 0 atom stereocenters. The molecule has 0 bridgehead atoms. The second-order valence-electron chi connectivity index (χ2n) is 5.38. The van der Waals surface area contributed by atoms with Crippen LogP contribution in [0.5, 0.6) is 0 Å². The Hall–Kier alpha value is -1.07. The van der Waals surface area contributed by atoms with Gasteiger partial charge in [0, 0.05) is 27.2 Å². The predicted octanol–water partition coefficient (Wildman–Crippen LogP) is 3.83. The van der Waals surface area contributed by atoms with Crippen molar-refractivity contribution in [2.45, 2.75) is 59.4 Å². The number of hydrogen-bond acceptors (Lipinski definition) is 4. The Bertz CT molecular complexity index is 293. The SMILES string of the molecule is C=CC.CC.COC1(OC)CCN(C(=O)OC(C)(C)C)C1. The third-order valence-electron chi connectivity index (χ3n) is 2.59. The van der Waals surface area contributed by atoms with Crippen LogP contribution in [0.2, 0.25) is 0 Å². The van der Waals surface area contributed by atoms with E-state index in [0.29, 0.717) is 19.5 Å². The fourth-order valence-electron chi connectivity index (χ4n) is 1.65. The van der Waals surface area contributed by atoms with Crippen molar-refractivity contribution in [3.8, 4) is 0 Å². The van der Waals surface area contributed by atoms with Crippen LogP contribution in [0.25, 0.3) is 0 Å². The monoisotopic (exact) mass is 303 g/mol. The molecular formula is C16H33NO4. The second-order valence-corrected chi connectivity index (χ2v) is 5.38. The summed E-state index contributed by atoms with van der Waals surface area (Å²) in [5, 5.41) is 0. The lowest BCUT2D eigenvalue weighted by Gasteiger charge is -2.27. The fourth-order valence-corrected chi connectivity index (χ4v) is 1.65. The van der Waals surface area contributed by atoms with Crippen LogP contribution < -0.4 is 0 Å². The quantitative estimate of drug-likeness (QED) is 0.574. The van der Waals surface area contributed by atoms with Crippen molar-refractivity contribution in [1.82, 2.24) is 4.90 Å². The van der Waals surface area contributed by atoms with E-state index in [-0.39, 0.29) is 6.09 Å². The second kappa shape index (κ2) is 10.6. The molecule has 1 fully saturated rings. The van der Waals surface area contributed by atoms with Crippen LogP contribution in [-0.2, 0) is 14.2 Å². The fraction of sp³-hybridized carbons (Fsp3) is 0.812. The minimum absolute atomic E-state index is 0.316. The molecule has 5 heteroatoms. The van der Waals surface area contributed by atoms with Gasteiger partial charge >= 0.3 is 6.09 Å². The first-order valence-corrected chi connectivity index (χ1v) is 7.39. The highest BCUT2D eigenvalue weighted by molar-refractivity contribution is 5.68. The number of carbonyl (C=O) groups excluding carboxylic acids is 1. The van der Waals surface area contributed by atoms with E-state index in [0.717, 1.165) is 0 Å². The van der Waals surface area contributed by atoms with E-state index >= 15 is 0 Å². The van der Waals surface area contributed by atoms with Gasteiger partial charge in [0.1, 0.15) is 5.60 Å². The molecule has 21 heavy (non-hydrogen) atoms. The minimum Gasteiger partial charge on any atom is -0.444 e. The molecule has 0 aromatic heterocycles. The summed E-state index contributed by atoms with van der Waals surface area (Å²) in [7, 11) is 3.17. The van der Waals surface area contributed by atoms with Crippen LogP contribution in [0, 0.1) is 0 Å². The number of hydrogen-bond donors (Lipinski definition) is 0. The highest BCUT2D eigenvalue weighted by atomic mass is 16.7. The van der Waals surface area contributed by atoms with Crippen LogP contribution in [0.3, 0.4) is 0 Å². The third-order valence-corrected chi connectivity index (χ3v) is 2.59. The summed E-state index contributed by atoms with van der Waals surface area (Å²) in [5.74, 6) is -0.670.